The van der Waals surface area contributed by atoms with Crippen LogP contribution < -0.4 is 10.3 Å². The van der Waals surface area contributed by atoms with Gasteiger partial charge in [0.15, 0.2) is 16.4 Å². The Labute approximate surface area is 167 Å². The number of methoxy groups -OCH3 is 1. The van der Waals surface area contributed by atoms with Gasteiger partial charge in [-0.15, -0.1) is 11.3 Å². The van der Waals surface area contributed by atoms with Gasteiger partial charge in [0, 0.05) is 10.9 Å². The van der Waals surface area contributed by atoms with Crippen molar-refractivity contribution < 1.29 is 23.8 Å². The number of carbonyl (C=O) groups is 2. The number of carbonyl (C=O) groups excluding carboxylic acids is 1. The Kier molecular flexibility index (Phi) is 4.63. The number of pyridine rings is 1. The summed E-state index contributed by atoms with van der Waals surface area (Å²) < 4.78 is 20.7. The van der Waals surface area contributed by atoms with Crippen molar-refractivity contribution in [1.82, 2.24) is 4.57 Å². The molecule has 0 unspecified atom stereocenters. The normalized spacial score (nSPS) is 11.1. The van der Waals surface area contributed by atoms with E-state index in [4.69, 9.17) is 4.74 Å². The number of aromatic nitrogens is 1. The number of hydrogen-bond acceptors (Lipinski definition) is 5. The van der Waals surface area contributed by atoms with Gasteiger partial charge in [-0.1, -0.05) is 30.3 Å². The standard InChI is InChI=1S/C21H14FNO5S/c1-28-17-16-18(29-19(17)21(26)27)13-9-12(22)7-8-14(13)23(20(16)25)10-15(24)11-5-3-2-4-6-11/h2-9H,10H2,1H3,(H,26,27). The summed E-state index contributed by atoms with van der Waals surface area (Å²) in [7, 11) is 1.27. The highest BCUT2D eigenvalue weighted by atomic mass is 32.1. The number of carboxylic acid groups (broad SMARTS) is 1. The molecule has 6 nitrogen and oxygen atoms in total. The second-order valence-corrected chi connectivity index (χ2v) is 7.34. The summed E-state index contributed by atoms with van der Waals surface area (Å²) in [5.74, 6) is -2.18. The number of ether oxygens (including phenoxy) is 1. The van der Waals surface area contributed by atoms with Crippen LogP contribution in [0, 0.1) is 5.82 Å². The highest BCUT2D eigenvalue weighted by molar-refractivity contribution is 7.22. The minimum absolute atomic E-state index is 0.0221. The lowest BCUT2D eigenvalue weighted by molar-refractivity contribution is 0.0699. The number of halogens is 1. The molecule has 2 aromatic heterocycles. The van der Waals surface area contributed by atoms with Crippen LogP contribution in [-0.4, -0.2) is 28.5 Å². The maximum atomic E-state index is 14.0. The SMILES string of the molecule is COc1c(C(=O)O)sc2c1c(=O)n(CC(=O)c1ccccc1)c1ccc(F)cc21. The third-order valence-corrected chi connectivity index (χ3v) is 5.81. The highest BCUT2D eigenvalue weighted by Gasteiger charge is 2.25. The first-order valence-corrected chi connectivity index (χ1v) is 9.38. The monoisotopic (exact) mass is 411 g/mol. The first kappa shape index (κ1) is 18.8. The van der Waals surface area contributed by atoms with Gasteiger partial charge < -0.3 is 9.84 Å². The molecule has 0 amide bonds. The zero-order valence-corrected chi connectivity index (χ0v) is 16.0. The van der Waals surface area contributed by atoms with E-state index in [0.717, 1.165) is 11.3 Å². The van der Waals surface area contributed by atoms with Crippen molar-refractivity contribution >= 4 is 44.1 Å². The molecule has 29 heavy (non-hydrogen) atoms. The van der Waals surface area contributed by atoms with Gasteiger partial charge in [0.2, 0.25) is 0 Å². The van der Waals surface area contributed by atoms with Crippen molar-refractivity contribution in [2.24, 2.45) is 0 Å². The Balaban J connectivity index is 2.05. The molecule has 0 saturated heterocycles. The fraction of sp³-hybridized carbons (Fsp3) is 0.0952. The number of nitrogens with zero attached hydrogens (tertiary/aromatic N) is 1. The van der Waals surface area contributed by atoms with Gasteiger partial charge in [0.25, 0.3) is 5.56 Å². The smallest absolute Gasteiger partial charge is 0.349 e. The summed E-state index contributed by atoms with van der Waals surface area (Å²) in [5.41, 5.74) is 0.205. The number of rotatable bonds is 5. The summed E-state index contributed by atoms with van der Waals surface area (Å²) in [5, 5.41) is 9.84. The molecule has 0 bridgehead atoms. The third kappa shape index (κ3) is 3.07. The Hall–Kier alpha value is -3.52. The fourth-order valence-corrected chi connectivity index (χ4v) is 4.45. The molecule has 0 aliphatic heterocycles. The molecular formula is C21H14FNO5S. The molecule has 0 aliphatic carbocycles. The van der Waals surface area contributed by atoms with E-state index in [2.05, 4.69) is 0 Å². The van der Waals surface area contributed by atoms with E-state index in [1.54, 1.807) is 30.3 Å². The molecule has 146 valence electrons. The third-order valence-electron chi connectivity index (χ3n) is 4.61. The summed E-state index contributed by atoms with van der Waals surface area (Å²) in [6, 6.07) is 12.3. The lowest BCUT2D eigenvalue weighted by atomic mass is 10.1. The molecule has 0 atom stereocenters. The first-order chi connectivity index (χ1) is 13.9. The van der Waals surface area contributed by atoms with E-state index in [9.17, 15) is 23.9 Å². The lowest BCUT2D eigenvalue weighted by Gasteiger charge is -2.12. The van der Waals surface area contributed by atoms with Crippen LogP contribution >= 0.6 is 11.3 Å². The molecule has 0 saturated carbocycles. The van der Waals surface area contributed by atoms with Crippen molar-refractivity contribution in [2.75, 3.05) is 7.11 Å². The maximum Gasteiger partial charge on any atom is 0.349 e. The number of ketones is 1. The van der Waals surface area contributed by atoms with Gasteiger partial charge in [0.05, 0.1) is 23.9 Å². The number of carboxylic acids is 1. The largest absolute Gasteiger partial charge is 0.494 e. The summed E-state index contributed by atoms with van der Waals surface area (Å²) in [6.07, 6.45) is 0. The zero-order valence-electron chi connectivity index (χ0n) is 15.1. The Bertz CT molecular complexity index is 1340. The molecule has 0 spiro atoms. The lowest BCUT2D eigenvalue weighted by Crippen LogP contribution is -2.25. The number of thiophene rings is 1. The van der Waals surface area contributed by atoms with Gasteiger partial charge in [-0.3, -0.25) is 14.2 Å². The maximum absolute atomic E-state index is 14.0. The molecule has 2 aromatic carbocycles. The molecule has 8 heteroatoms. The summed E-state index contributed by atoms with van der Waals surface area (Å²) in [6.45, 7) is -0.275. The number of benzene rings is 2. The van der Waals surface area contributed by atoms with Crippen LogP contribution in [0.1, 0.15) is 20.0 Å². The second-order valence-electron chi connectivity index (χ2n) is 6.32. The fourth-order valence-electron chi connectivity index (χ4n) is 3.32. The molecule has 1 N–H and O–H groups in total. The van der Waals surface area contributed by atoms with Gasteiger partial charge in [-0.25, -0.2) is 9.18 Å². The zero-order chi connectivity index (χ0) is 20.7. The second kappa shape index (κ2) is 7.14. The minimum Gasteiger partial charge on any atom is -0.494 e. The van der Waals surface area contributed by atoms with Crippen molar-refractivity contribution in [1.29, 1.82) is 0 Å². The van der Waals surface area contributed by atoms with Crippen LogP contribution in [0.2, 0.25) is 0 Å². The van der Waals surface area contributed by atoms with E-state index < -0.39 is 17.3 Å². The van der Waals surface area contributed by atoms with Crippen molar-refractivity contribution in [2.45, 2.75) is 6.54 Å². The topological polar surface area (TPSA) is 85.6 Å². The van der Waals surface area contributed by atoms with Gasteiger partial charge in [-0.2, -0.15) is 0 Å². The molecule has 0 fully saturated rings. The van der Waals surface area contributed by atoms with Crippen LogP contribution in [-0.2, 0) is 6.54 Å². The van der Waals surface area contributed by atoms with E-state index in [0.29, 0.717) is 21.2 Å². The van der Waals surface area contributed by atoms with Crippen molar-refractivity contribution in [3.8, 4) is 5.75 Å². The molecule has 2 heterocycles. The molecule has 4 aromatic rings. The Morgan fingerprint density at radius 1 is 1.17 bits per heavy atom. The summed E-state index contributed by atoms with van der Waals surface area (Å²) >= 11 is 0.843. The van der Waals surface area contributed by atoms with Crippen molar-refractivity contribution in [3.05, 3.63) is 75.1 Å². The number of hydrogen-bond donors (Lipinski definition) is 1. The highest BCUT2D eigenvalue weighted by Crippen LogP contribution is 2.39. The van der Waals surface area contributed by atoms with E-state index in [1.807, 2.05) is 0 Å². The van der Waals surface area contributed by atoms with E-state index >= 15 is 0 Å². The molecule has 0 aliphatic rings. The van der Waals surface area contributed by atoms with Crippen LogP contribution in [0.15, 0.2) is 53.3 Å². The van der Waals surface area contributed by atoms with Crippen LogP contribution in [0.5, 0.6) is 5.75 Å². The predicted octanol–water partition coefficient (Wildman–Crippen LogP) is 3.95. The quantitative estimate of drug-likeness (QED) is 0.503. The van der Waals surface area contributed by atoms with Crippen LogP contribution in [0.4, 0.5) is 4.39 Å². The molecular weight excluding hydrogens is 397 g/mol. The number of aromatic carboxylic acids is 1. The number of fused-ring (bicyclic) bond motifs is 3. The van der Waals surface area contributed by atoms with E-state index in [-0.39, 0.29) is 28.3 Å². The van der Waals surface area contributed by atoms with Gasteiger partial charge >= 0.3 is 5.97 Å². The predicted molar refractivity (Wildman–Crippen MR) is 108 cm³/mol. The van der Waals surface area contributed by atoms with Crippen LogP contribution in [0.3, 0.4) is 0 Å². The molecule has 0 radical (unpaired) electrons. The summed E-state index contributed by atoms with van der Waals surface area (Å²) in [4.78, 5) is 37.4. The van der Waals surface area contributed by atoms with Crippen LogP contribution in [0.25, 0.3) is 21.0 Å². The van der Waals surface area contributed by atoms with E-state index in [1.165, 1.54) is 29.9 Å². The van der Waals surface area contributed by atoms with Crippen molar-refractivity contribution in [3.63, 3.8) is 0 Å². The Morgan fingerprint density at radius 3 is 2.55 bits per heavy atom. The Morgan fingerprint density at radius 2 is 1.90 bits per heavy atom. The van der Waals surface area contributed by atoms with Gasteiger partial charge in [-0.05, 0) is 18.2 Å². The average molecular weight is 411 g/mol. The van der Waals surface area contributed by atoms with Gasteiger partial charge in [0.1, 0.15) is 11.2 Å². The minimum atomic E-state index is -1.25. The number of Topliss-reactive ketones (excluding diaryl/α,β-unsaturated/α-hetero) is 1. The first-order valence-electron chi connectivity index (χ1n) is 8.56. The average Bonchev–Trinajstić information content (AvgIpc) is 3.12. The molecule has 4 rings (SSSR count).